The summed E-state index contributed by atoms with van der Waals surface area (Å²) in [5, 5.41) is 0. The van der Waals surface area contributed by atoms with Gasteiger partial charge in [-0.25, -0.2) is 0 Å². The lowest BCUT2D eigenvalue weighted by Gasteiger charge is -2.32. The molecular formula is C7H22O3Si4. The van der Waals surface area contributed by atoms with Crippen LogP contribution >= 0.6 is 0 Å². The number of hydrogen-bond acceptors (Lipinski definition) is 3. The molecule has 1 atom stereocenters. The second-order valence-corrected chi connectivity index (χ2v) is 15.9. The second kappa shape index (κ2) is 5.73. The quantitative estimate of drug-likeness (QED) is 0.689. The molecule has 84 valence electrons. The molecule has 0 heterocycles. The van der Waals surface area contributed by atoms with E-state index in [-0.39, 0.29) is 0 Å². The first-order valence-electron chi connectivity index (χ1n) is 4.87. The monoisotopic (exact) mass is 266 g/mol. The topological polar surface area (TPSA) is 27.7 Å². The molecule has 0 aliphatic heterocycles. The highest BCUT2D eigenvalue weighted by Crippen LogP contribution is 2.16. The molecule has 0 aromatic rings. The van der Waals surface area contributed by atoms with Crippen LogP contribution in [-0.2, 0) is 12.3 Å². The van der Waals surface area contributed by atoms with Crippen molar-refractivity contribution in [3.05, 3.63) is 0 Å². The fraction of sp³-hybridized carbons (Fsp3) is 1.00. The summed E-state index contributed by atoms with van der Waals surface area (Å²) < 4.78 is 17.5. The van der Waals surface area contributed by atoms with Gasteiger partial charge >= 0.3 is 8.56 Å². The third kappa shape index (κ3) is 8.09. The van der Waals surface area contributed by atoms with Crippen LogP contribution in [0.25, 0.3) is 0 Å². The van der Waals surface area contributed by atoms with E-state index in [2.05, 4.69) is 39.3 Å². The Kier molecular flexibility index (Phi) is 6.03. The average Bonchev–Trinajstić information content (AvgIpc) is 1.78. The Morgan fingerprint density at radius 1 is 1.07 bits per heavy atom. The lowest BCUT2D eigenvalue weighted by Crippen LogP contribution is -2.48. The molecule has 0 bridgehead atoms. The predicted octanol–water partition coefficient (Wildman–Crippen LogP) is 2.09. The van der Waals surface area contributed by atoms with Gasteiger partial charge in [-0.1, -0.05) is 0 Å². The Hall–Kier alpha value is 0.748. The minimum absolute atomic E-state index is 0.527. The maximum Gasteiger partial charge on any atom is 0.312 e. The Bertz CT molecular complexity index is 169. The zero-order valence-corrected chi connectivity index (χ0v) is 14.5. The van der Waals surface area contributed by atoms with E-state index in [1.54, 1.807) is 0 Å². The maximum atomic E-state index is 6.06. The van der Waals surface area contributed by atoms with Crippen molar-refractivity contribution in [3.8, 4) is 0 Å². The molecule has 0 aliphatic rings. The largest absolute Gasteiger partial charge is 0.439 e. The second-order valence-electron chi connectivity index (χ2n) is 4.62. The van der Waals surface area contributed by atoms with Crippen LogP contribution < -0.4 is 0 Å². The van der Waals surface area contributed by atoms with Gasteiger partial charge in [0.1, 0.15) is 0 Å². The molecule has 7 heteroatoms. The Morgan fingerprint density at radius 2 is 1.57 bits per heavy atom. The van der Waals surface area contributed by atoms with Crippen LogP contribution in [0.3, 0.4) is 0 Å². The molecule has 0 aromatic carbocycles. The van der Waals surface area contributed by atoms with Crippen molar-refractivity contribution in [1.29, 1.82) is 0 Å². The third-order valence-electron chi connectivity index (χ3n) is 1.29. The average molecular weight is 267 g/mol. The molecule has 0 rings (SSSR count). The minimum Gasteiger partial charge on any atom is -0.439 e. The summed E-state index contributed by atoms with van der Waals surface area (Å²) in [5.74, 6) is 0. The Balaban J connectivity index is 4.06. The number of rotatable bonds is 6. The summed E-state index contributed by atoms with van der Waals surface area (Å²) in [5.41, 5.74) is 0. The highest BCUT2D eigenvalue weighted by molar-refractivity contribution is 6.83. The first-order chi connectivity index (χ1) is 6.16. The highest BCUT2D eigenvalue weighted by atomic mass is 28.5. The normalized spacial score (nSPS) is 15.6. The summed E-state index contributed by atoms with van der Waals surface area (Å²) >= 11 is 0. The lowest BCUT2D eigenvalue weighted by molar-refractivity contribution is 0.359. The zero-order chi connectivity index (χ0) is 11.4. The van der Waals surface area contributed by atoms with Gasteiger partial charge in [0, 0.05) is 0 Å². The van der Waals surface area contributed by atoms with Crippen LogP contribution in [0.1, 0.15) is 0 Å². The van der Waals surface area contributed by atoms with Gasteiger partial charge in [0.05, 0.1) is 0 Å². The van der Waals surface area contributed by atoms with Crippen LogP contribution in [-0.4, -0.2) is 35.9 Å². The van der Waals surface area contributed by atoms with Crippen molar-refractivity contribution in [1.82, 2.24) is 0 Å². The van der Waals surface area contributed by atoms with Crippen LogP contribution in [0, 0.1) is 0 Å². The van der Waals surface area contributed by atoms with Gasteiger partial charge in [-0.15, -0.1) is 0 Å². The molecule has 0 aliphatic carbocycles. The summed E-state index contributed by atoms with van der Waals surface area (Å²) in [6, 6.07) is 0. The Labute approximate surface area is 94.3 Å². The van der Waals surface area contributed by atoms with Crippen molar-refractivity contribution in [2.24, 2.45) is 0 Å². The first-order valence-corrected chi connectivity index (χ1v) is 14.6. The molecule has 0 aromatic heterocycles. The smallest absolute Gasteiger partial charge is 0.312 e. The summed E-state index contributed by atoms with van der Waals surface area (Å²) in [7, 11) is -4.33. The SMILES string of the molecule is C[Si]O[SiH](C)O[Si](C)(C)O[Si](C)(C)C. The van der Waals surface area contributed by atoms with Gasteiger partial charge in [0.25, 0.3) is 9.28 Å². The molecule has 14 heavy (non-hydrogen) atoms. The van der Waals surface area contributed by atoms with Crippen LogP contribution in [0.4, 0.5) is 0 Å². The predicted molar refractivity (Wildman–Crippen MR) is 68.7 cm³/mol. The van der Waals surface area contributed by atoms with Crippen LogP contribution in [0.15, 0.2) is 0 Å². The van der Waals surface area contributed by atoms with Crippen LogP contribution in [0.2, 0.25) is 45.8 Å². The molecule has 0 spiro atoms. The van der Waals surface area contributed by atoms with Crippen molar-refractivity contribution >= 4 is 35.9 Å². The summed E-state index contributed by atoms with van der Waals surface area (Å²) in [6.07, 6.45) is 0. The van der Waals surface area contributed by atoms with E-state index in [4.69, 9.17) is 12.3 Å². The molecule has 0 fully saturated rings. The van der Waals surface area contributed by atoms with E-state index < -0.39 is 26.2 Å². The number of hydrogen-bond donors (Lipinski definition) is 0. The molecule has 2 radical (unpaired) electrons. The molecule has 0 saturated carbocycles. The minimum atomic E-state index is -1.94. The van der Waals surface area contributed by atoms with Crippen molar-refractivity contribution in [3.63, 3.8) is 0 Å². The molecular weight excluding hydrogens is 244 g/mol. The van der Waals surface area contributed by atoms with Gasteiger partial charge in [0.15, 0.2) is 8.32 Å². The van der Waals surface area contributed by atoms with E-state index in [9.17, 15) is 0 Å². The van der Waals surface area contributed by atoms with E-state index >= 15 is 0 Å². The van der Waals surface area contributed by atoms with Crippen molar-refractivity contribution < 1.29 is 12.3 Å². The molecule has 0 amide bonds. The van der Waals surface area contributed by atoms with Crippen molar-refractivity contribution in [2.75, 3.05) is 0 Å². The van der Waals surface area contributed by atoms with Gasteiger partial charge in [-0.2, -0.15) is 0 Å². The Morgan fingerprint density at radius 3 is 1.93 bits per heavy atom. The van der Waals surface area contributed by atoms with E-state index in [0.717, 1.165) is 0 Å². The van der Waals surface area contributed by atoms with Gasteiger partial charge in [-0.05, 0) is 45.8 Å². The summed E-state index contributed by atoms with van der Waals surface area (Å²) in [4.78, 5) is 0. The maximum absolute atomic E-state index is 6.06. The molecule has 0 saturated heterocycles. The standard InChI is InChI=1S/C7H22O3Si4/c1-11-8-12(2)9-14(6,7)10-13(3,4)5/h12H,1-7H3. The van der Waals surface area contributed by atoms with Gasteiger partial charge in [0.2, 0.25) is 9.76 Å². The molecule has 1 unspecified atom stereocenters. The fourth-order valence-electron chi connectivity index (χ4n) is 1.35. The van der Waals surface area contributed by atoms with Gasteiger partial charge in [-0.3, -0.25) is 0 Å². The van der Waals surface area contributed by atoms with E-state index in [1.807, 2.05) is 6.55 Å². The van der Waals surface area contributed by atoms with E-state index in [0.29, 0.717) is 9.76 Å². The summed E-state index contributed by atoms with van der Waals surface area (Å²) in [6.45, 7) is 14.9. The zero-order valence-electron chi connectivity index (χ0n) is 10.3. The van der Waals surface area contributed by atoms with Gasteiger partial charge < -0.3 is 12.3 Å². The van der Waals surface area contributed by atoms with Crippen molar-refractivity contribution in [2.45, 2.75) is 45.8 Å². The van der Waals surface area contributed by atoms with Crippen LogP contribution in [0.5, 0.6) is 0 Å². The molecule has 3 nitrogen and oxygen atoms in total. The third-order valence-corrected chi connectivity index (χ3v) is 11.6. The first kappa shape index (κ1) is 14.7. The molecule has 0 N–H and O–H groups in total. The fourth-order valence-corrected chi connectivity index (χ4v) is 13.0. The lowest BCUT2D eigenvalue weighted by atomic mass is 11.8. The van der Waals surface area contributed by atoms with E-state index in [1.165, 1.54) is 0 Å². The highest BCUT2D eigenvalue weighted by Gasteiger charge is 2.33.